The van der Waals surface area contributed by atoms with E-state index >= 15 is 0 Å². The summed E-state index contributed by atoms with van der Waals surface area (Å²) in [7, 11) is 0. The molecule has 1 N–H and O–H groups in total. The van der Waals surface area contributed by atoms with Gasteiger partial charge in [0.1, 0.15) is 0 Å². The van der Waals surface area contributed by atoms with Gasteiger partial charge in [-0.3, -0.25) is 4.79 Å². The Hall–Kier alpha value is -1.38. The maximum absolute atomic E-state index is 11.9. The van der Waals surface area contributed by atoms with E-state index in [1.165, 1.54) is 36.8 Å². The SMILES string of the molecule is CC12CCC(=O)C=C1CCC1C2CCC2(C)/C(=C\C=N/O)CCC12. The van der Waals surface area contributed by atoms with Crippen molar-refractivity contribution in [2.45, 2.75) is 65.2 Å². The number of nitrogens with zero attached hydrogens (tertiary/aromatic N) is 1. The molecule has 0 aromatic rings. The van der Waals surface area contributed by atoms with Crippen LogP contribution in [-0.4, -0.2) is 17.2 Å². The van der Waals surface area contributed by atoms with Crippen LogP contribution < -0.4 is 0 Å². The maximum atomic E-state index is 11.9. The summed E-state index contributed by atoms with van der Waals surface area (Å²) in [5, 5.41) is 12.0. The van der Waals surface area contributed by atoms with Gasteiger partial charge in [-0.2, -0.15) is 0 Å². The van der Waals surface area contributed by atoms with Crippen LogP contribution in [0.3, 0.4) is 0 Å². The lowest BCUT2D eigenvalue weighted by molar-refractivity contribution is -0.117. The highest BCUT2D eigenvalue weighted by atomic mass is 16.4. The summed E-state index contributed by atoms with van der Waals surface area (Å²) in [6, 6.07) is 0. The molecule has 3 fully saturated rings. The second kappa shape index (κ2) is 5.57. The van der Waals surface area contributed by atoms with Gasteiger partial charge in [0.25, 0.3) is 0 Å². The van der Waals surface area contributed by atoms with Crippen LogP contribution in [0.25, 0.3) is 0 Å². The molecule has 0 radical (unpaired) electrons. The van der Waals surface area contributed by atoms with E-state index in [2.05, 4.69) is 25.1 Å². The fraction of sp³-hybridized carbons (Fsp3) is 0.714. The largest absolute Gasteiger partial charge is 0.411 e. The number of rotatable bonds is 1. The van der Waals surface area contributed by atoms with Crippen LogP contribution in [0.15, 0.2) is 28.5 Å². The van der Waals surface area contributed by atoms with E-state index in [0.717, 1.165) is 43.4 Å². The van der Waals surface area contributed by atoms with Gasteiger partial charge in [0.15, 0.2) is 5.78 Å². The molecular weight excluding hydrogens is 298 g/mol. The van der Waals surface area contributed by atoms with E-state index in [4.69, 9.17) is 5.21 Å². The second-order valence-corrected chi connectivity index (χ2v) is 8.92. The highest BCUT2D eigenvalue weighted by Crippen LogP contribution is 2.66. The molecule has 5 atom stereocenters. The zero-order chi connectivity index (χ0) is 16.9. The summed E-state index contributed by atoms with van der Waals surface area (Å²) in [4.78, 5) is 11.9. The quantitative estimate of drug-likeness (QED) is 0.423. The number of allylic oxidation sites excluding steroid dienone is 3. The number of ketones is 1. The van der Waals surface area contributed by atoms with E-state index in [9.17, 15) is 4.79 Å². The third kappa shape index (κ3) is 2.16. The maximum Gasteiger partial charge on any atom is 0.155 e. The first-order valence-corrected chi connectivity index (χ1v) is 9.60. The molecule has 0 aromatic heterocycles. The molecule has 4 aliphatic carbocycles. The smallest absolute Gasteiger partial charge is 0.155 e. The number of oxime groups is 1. The lowest BCUT2D eigenvalue weighted by Crippen LogP contribution is -2.49. The third-order valence-corrected chi connectivity index (χ3v) is 8.15. The van der Waals surface area contributed by atoms with Gasteiger partial charge < -0.3 is 5.21 Å². The Labute approximate surface area is 144 Å². The molecule has 3 nitrogen and oxygen atoms in total. The number of carbonyl (C=O) groups excluding carboxylic acids is 1. The average molecular weight is 327 g/mol. The molecule has 0 aromatic carbocycles. The van der Waals surface area contributed by atoms with Crippen molar-refractivity contribution in [3.8, 4) is 0 Å². The Morgan fingerprint density at radius 3 is 2.67 bits per heavy atom. The van der Waals surface area contributed by atoms with Crippen LogP contribution in [0.4, 0.5) is 0 Å². The van der Waals surface area contributed by atoms with Crippen molar-refractivity contribution in [2.75, 3.05) is 0 Å². The molecular formula is C21H29NO2. The molecule has 24 heavy (non-hydrogen) atoms. The standard InChI is InChI=1S/C21H29NO2/c1-20-11-8-19-17(18(20)6-4-14(20)9-12-22-24)5-3-15-13-16(23)7-10-21(15,19)2/h9,12-13,17-19,24H,3-8,10-11H2,1-2H3/b14-9-,22-12-. The Balaban J connectivity index is 1.66. The van der Waals surface area contributed by atoms with Crippen molar-refractivity contribution in [3.05, 3.63) is 23.3 Å². The topological polar surface area (TPSA) is 49.7 Å². The summed E-state index contributed by atoms with van der Waals surface area (Å²) >= 11 is 0. The first-order chi connectivity index (χ1) is 11.5. The number of fused-ring (bicyclic) bond motifs is 5. The predicted molar refractivity (Wildman–Crippen MR) is 95.1 cm³/mol. The van der Waals surface area contributed by atoms with Crippen molar-refractivity contribution in [2.24, 2.45) is 33.7 Å². The Morgan fingerprint density at radius 2 is 1.88 bits per heavy atom. The van der Waals surface area contributed by atoms with Gasteiger partial charge in [0.2, 0.25) is 0 Å². The van der Waals surface area contributed by atoms with Crippen molar-refractivity contribution in [1.82, 2.24) is 0 Å². The molecule has 3 saturated carbocycles. The average Bonchev–Trinajstić information content (AvgIpc) is 2.90. The first kappa shape index (κ1) is 16.1. The molecule has 0 spiro atoms. The number of hydrogen-bond donors (Lipinski definition) is 1. The molecule has 0 heterocycles. The molecule has 0 amide bonds. The van der Waals surface area contributed by atoms with Crippen LogP contribution in [0.1, 0.15) is 65.2 Å². The third-order valence-electron chi connectivity index (χ3n) is 8.15. The van der Waals surface area contributed by atoms with E-state index in [1.54, 1.807) is 6.21 Å². The van der Waals surface area contributed by atoms with Crippen molar-refractivity contribution < 1.29 is 10.0 Å². The molecule has 0 saturated heterocycles. The molecule has 3 heteroatoms. The Kier molecular flexibility index (Phi) is 3.74. The van der Waals surface area contributed by atoms with Gasteiger partial charge in [-0.05, 0) is 85.7 Å². The van der Waals surface area contributed by atoms with E-state index in [1.807, 2.05) is 6.08 Å². The van der Waals surface area contributed by atoms with Gasteiger partial charge in [0, 0.05) is 6.42 Å². The Bertz CT molecular complexity index is 646. The van der Waals surface area contributed by atoms with Gasteiger partial charge in [-0.25, -0.2) is 0 Å². The number of carbonyl (C=O) groups is 1. The Morgan fingerprint density at radius 1 is 1.08 bits per heavy atom. The zero-order valence-corrected chi connectivity index (χ0v) is 14.9. The zero-order valence-electron chi connectivity index (χ0n) is 14.9. The summed E-state index contributed by atoms with van der Waals surface area (Å²) in [6.07, 6.45) is 14.7. The second-order valence-electron chi connectivity index (χ2n) is 8.92. The summed E-state index contributed by atoms with van der Waals surface area (Å²) in [5.41, 5.74) is 3.47. The van der Waals surface area contributed by atoms with Crippen LogP contribution in [-0.2, 0) is 4.79 Å². The molecule has 0 bridgehead atoms. The lowest BCUT2D eigenvalue weighted by Gasteiger charge is -2.57. The van der Waals surface area contributed by atoms with Crippen LogP contribution in [0.2, 0.25) is 0 Å². The monoisotopic (exact) mass is 327 g/mol. The van der Waals surface area contributed by atoms with E-state index in [0.29, 0.717) is 5.78 Å². The molecule has 5 unspecified atom stereocenters. The summed E-state index contributed by atoms with van der Waals surface area (Å²) < 4.78 is 0. The highest BCUT2D eigenvalue weighted by molar-refractivity contribution is 5.91. The summed E-state index contributed by atoms with van der Waals surface area (Å²) in [6.45, 7) is 4.88. The van der Waals surface area contributed by atoms with Crippen molar-refractivity contribution in [1.29, 1.82) is 0 Å². The van der Waals surface area contributed by atoms with Gasteiger partial charge >= 0.3 is 0 Å². The molecule has 4 aliphatic rings. The predicted octanol–water partition coefficient (Wildman–Crippen LogP) is 4.90. The van der Waals surface area contributed by atoms with E-state index in [-0.39, 0.29) is 10.8 Å². The minimum Gasteiger partial charge on any atom is -0.411 e. The minimum absolute atomic E-state index is 0.261. The van der Waals surface area contributed by atoms with Gasteiger partial charge in [0.05, 0.1) is 6.21 Å². The normalized spacial score (nSPS) is 46.6. The van der Waals surface area contributed by atoms with Crippen LogP contribution >= 0.6 is 0 Å². The highest BCUT2D eigenvalue weighted by Gasteiger charge is 2.57. The lowest BCUT2D eigenvalue weighted by atomic mass is 9.47. The molecule has 0 aliphatic heterocycles. The van der Waals surface area contributed by atoms with Crippen LogP contribution in [0, 0.1) is 28.6 Å². The van der Waals surface area contributed by atoms with Crippen molar-refractivity contribution in [3.63, 3.8) is 0 Å². The summed E-state index contributed by atoms with van der Waals surface area (Å²) in [5.74, 6) is 2.63. The van der Waals surface area contributed by atoms with Crippen molar-refractivity contribution >= 4 is 12.0 Å². The van der Waals surface area contributed by atoms with E-state index < -0.39 is 0 Å². The minimum atomic E-state index is 0.261. The van der Waals surface area contributed by atoms with Gasteiger partial charge in [-0.15, -0.1) is 0 Å². The fourth-order valence-electron chi connectivity index (χ4n) is 6.80. The first-order valence-electron chi connectivity index (χ1n) is 9.60. The molecule has 4 rings (SSSR count). The fourth-order valence-corrected chi connectivity index (χ4v) is 6.80. The van der Waals surface area contributed by atoms with Crippen LogP contribution in [0.5, 0.6) is 0 Å². The number of hydrogen-bond acceptors (Lipinski definition) is 3. The van der Waals surface area contributed by atoms with Gasteiger partial charge in [-0.1, -0.05) is 30.1 Å². The molecule has 130 valence electrons.